The van der Waals surface area contributed by atoms with Crippen LogP contribution in [0.1, 0.15) is 12.5 Å². The van der Waals surface area contributed by atoms with Gasteiger partial charge in [-0.05, 0) is 38.2 Å². The molecule has 1 atom stereocenters. The molecule has 0 aromatic heterocycles. The molecule has 1 unspecified atom stereocenters. The van der Waals surface area contributed by atoms with E-state index in [9.17, 15) is 4.79 Å². The number of benzene rings is 1. The highest BCUT2D eigenvalue weighted by Crippen LogP contribution is 2.11. The van der Waals surface area contributed by atoms with Gasteiger partial charge in [0.15, 0.2) is 0 Å². The molecule has 1 amide bonds. The molecule has 20 heavy (non-hydrogen) atoms. The SMILES string of the molecule is CC(C(=O)Nc1ccc(C#N)cc1)N1CCN(C)CC1. The van der Waals surface area contributed by atoms with Gasteiger partial charge in [-0.1, -0.05) is 0 Å². The normalized spacial score (nSPS) is 18.2. The van der Waals surface area contributed by atoms with Gasteiger partial charge >= 0.3 is 0 Å². The molecule has 1 aliphatic rings. The van der Waals surface area contributed by atoms with Gasteiger partial charge in [0, 0.05) is 31.9 Å². The van der Waals surface area contributed by atoms with Gasteiger partial charge in [0.1, 0.15) is 0 Å². The fraction of sp³-hybridized carbons (Fsp3) is 0.467. The third kappa shape index (κ3) is 3.56. The van der Waals surface area contributed by atoms with Gasteiger partial charge in [0.2, 0.25) is 5.91 Å². The highest BCUT2D eigenvalue weighted by molar-refractivity contribution is 5.94. The van der Waals surface area contributed by atoms with Crippen molar-refractivity contribution in [2.45, 2.75) is 13.0 Å². The van der Waals surface area contributed by atoms with Crippen LogP contribution in [-0.4, -0.2) is 55.0 Å². The molecule has 0 aliphatic carbocycles. The number of anilines is 1. The minimum absolute atomic E-state index is 0.000685. The molecule has 1 saturated heterocycles. The van der Waals surface area contributed by atoms with Crippen molar-refractivity contribution in [3.8, 4) is 6.07 Å². The quantitative estimate of drug-likeness (QED) is 0.896. The van der Waals surface area contributed by atoms with Crippen molar-refractivity contribution in [3.63, 3.8) is 0 Å². The lowest BCUT2D eigenvalue weighted by molar-refractivity contribution is -0.121. The number of piperazine rings is 1. The molecule has 0 bridgehead atoms. The molecule has 1 aromatic carbocycles. The summed E-state index contributed by atoms with van der Waals surface area (Å²) in [5.41, 5.74) is 1.32. The van der Waals surface area contributed by atoms with Crippen molar-refractivity contribution in [2.24, 2.45) is 0 Å². The van der Waals surface area contributed by atoms with E-state index in [0.717, 1.165) is 31.9 Å². The summed E-state index contributed by atoms with van der Waals surface area (Å²) < 4.78 is 0. The number of nitriles is 1. The summed E-state index contributed by atoms with van der Waals surface area (Å²) in [6.45, 7) is 5.75. The molecule has 1 N–H and O–H groups in total. The Kier molecular flexibility index (Phi) is 4.72. The number of nitrogens with one attached hydrogen (secondary N) is 1. The van der Waals surface area contributed by atoms with Crippen LogP contribution in [0, 0.1) is 11.3 Å². The zero-order valence-corrected chi connectivity index (χ0v) is 12.0. The highest BCUT2D eigenvalue weighted by Gasteiger charge is 2.24. The number of amides is 1. The Morgan fingerprint density at radius 2 is 1.85 bits per heavy atom. The first-order valence-corrected chi connectivity index (χ1v) is 6.84. The van der Waals surface area contributed by atoms with E-state index >= 15 is 0 Å². The first kappa shape index (κ1) is 14.5. The molecule has 5 heteroatoms. The summed E-state index contributed by atoms with van der Waals surface area (Å²) in [5, 5.41) is 11.6. The van der Waals surface area contributed by atoms with E-state index < -0.39 is 0 Å². The average Bonchev–Trinajstić information content (AvgIpc) is 2.48. The van der Waals surface area contributed by atoms with Crippen molar-refractivity contribution >= 4 is 11.6 Å². The van der Waals surface area contributed by atoms with Crippen LogP contribution in [0.3, 0.4) is 0 Å². The lowest BCUT2D eigenvalue weighted by atomic mass is 10.2. The Balaban J connectivity index is 1.91. The van der Waals surface area contributed by atoms with E-state index in [1.54, 1.807) is 24.3 Å². The second-order valence-corrected chi connectivity index (χ2v) is 5.19. The number of likely N-dealkylation sites (N-methyl/N-ethyl adjacent to an activating group) is 1. The van der Waals surface area contributed by atoms with E-state index in [1.807, 2.05) is 6.92 Å². The third-order valence-electron chi connectivity index (χ3n) is 3.75. The number of carbonyl (C=O) groups is 1. The van der Waals surface area contributed by atoms with Gasteiger partial charge in [-0.2, -0.15) is 5.26 Å². The van der Waals surface area contributed by atoms with E-state index in [-0.39, 0.29) is 11.9 Å². The number of nitrogens with zero attached hydrogens (tertiary/aromatic N) is 3. The predicted octanol–water partition coefficient (Wildman–Crippen LogP) is 1.13. The van der Waals surface area contributed by atoms with Crippen molar-refractivity contribution in [1.29, 1.82) is 5.26 Å². The maximum absolute atomic E-state index is 12.2. The Morgan fingerprint density at radius 1 is 1.25 bits per heavy atom. The van der Waals surface area contributed by atoms with Crippen molar-refractivity contribution in [3.05, 3.63) is 29.8 Å². The van der Waals surface area contributed by atoms with Crippen LogP contribution in [0.2, 0.25) is 0 Å². The zero-order valence-electron chi connectivity index (χ0n) is 12.0. The van der Waals surface area contributed by atoms with Gasteiger partial charge in [0.05, 0.1) is 17.7 Å². The lowest BCUT2D eigenvalue weighted by Gasteiger charge is -2.35. The van der Waals surface area contributed by atoms with E-state index in [1.165, 1.54) is 0 Å². The van der Waals surface area contributed by atoms with Crippen molar-refractivity contribution in [1.82, 2.24) is 9.80 Å². The Hall–Kier alpha value is -1.90. The molecular formula is C15H20N4O. The van der Waals surface area contributed by atoms with Crippen LogP contribution >= 0.6 is 0 Å². The molecule has 2 rings (SSSR count). The molecule has 106 valence electrons. The molecule has 1 fully saturated rings. The van der Waals surface area contributed by atoms with Crippen LogP contribution in [0.25, 0.3) is 0 Å². The van der Waals surface area contributed by atoms with Crippen LogP contribution in [0.5, 0.6) is 0 Å². The maximum atomic E-state index is 12.2. The van der Waals surface area contributed by atoms with Gasteiger partial charge < -0.3 is 10.2 Å². The van der Waals surface area contributed by atoms with Crippen molar-refractivity contribution < 1.29 is 4.79 Å². The van der Waals surface area contributed by atoms with Crippen LogP contribution in [0.4, 0.5) is 5.69 Å². The molecule has 0 saturated carbocycles. The number of rotatable bonds is 3. The topological polar surface area (TPSA) is 59.4 Å². The third-order valence-corrected chi connectivity index (χ3v) is 3.75. The molecule has 1 heterocycles. The fourth-order valence-corrected chi connectivity index (χ4v) is 2.25. The highest BCUT2D eigenvalue weighted by atomic mass is 16.2. The number of hydrogen-bond acceptors (Lipinski definition) is 4. The number of carbonyl (C=O) groups excluding carboxylic acids is 1. The van der Waals surface area contributed by atoms with Gasteiger partial charge in [-0.15, -0.1) is 0 Å². The van der Waals surface area contributed by atoms with E-state index in [4.69, 9.17) is 5.26 Å². The van der Waals surface area contributed by atoms with Gasteiger partial charge in [-0.25, -0.2) is 0 Å². The first-order valence-electron chi connectivity index (χ1n) is 6.84. The monoisotopic (exact) mass is 272 g/mol. The lowest BCUT2D eigenvalue weighted by Crippen LogP contribution is -2.51. The van der Waals surface area contributed by atoms with Crippen LogP contribution < -0.4 is 5.32 Å². The molecule has 1 aromatic rings. The van der Waals surface area contributed by atoms with E-state index in [0.29, 0.717) is 5.56 Å². The maximum Gasteiger partial charge on any atom is 0.241 e. The number of hydrogen-bond donors (Lipinski definition) is 1. The predicted molar refractivity (Wildman–Crippen MR) is 78.3 cm³/mol. The van der Waals surface area contributed by atoms with Gasteiger partial charge in [-0.3, -0.25) is 9.69 Å². The summed E-state index contributed by atoms with van der Waals surface area (Å²) >= 11 is 0. The largest absolute Gasteiger partial charge is 0.325 e. The van der Waals surface area contributed by atoms with E-state index in [2.05, 4.69) is 28.2 Å². The Bertz CT molecular complexity index is 498. The summed E-state index contributed by atoms with van der Waals surface area (Å²) in [6, 6.07) is 8.84. The minimum Gasteiger partial charge on any atom is -0.325 e. The molecular weight excluding hydrogens is 252 g/mol. The standard InChI is InChI=1S/C15H20N4O/c1-12(19-9-7-18(2)8-10-19)15(20)17-14-5-3-13(11-16)4-6-14/h3-6,12H,7-10H2,1-2H3,(H,17,20). The minimum atomic E-state index is -0.139. The van der Waals surface area contributed by atoms with Crippen molar-refractivity contribution in [2.75, 3.05) is 38.5 Å². The fourth-order valence-electron chi connectivity index (χ4n) is 2.25. The zero-order chi connectivity index (χ0) is 14.5. The molecule has 5 nitrogen and oxygen atoms in total. The Labute approximate surface area is 119 Å². The average molecular weight is 272 g/mol. The molecule has 0 radical (unpaired) electrons. The van der Waals surface area contributed by atoms with Gasteiger partial charge in [0.25, 0.3) is 0 Å². The van der Waals surface area contributed by atoms with Crippen LogP contribution in [-0.2, 0) is 4.79 Å². The second-order valence-electron chi connectivity index (χ2n) is 5.19. The summed E-state index contributed by atoms with van der Waals surface area (Å²) in [7, 11) is 2.10. The Morgan fingerprint density at radius 3 is 2.40 bits per heavy atom. The summed E-state index contributed by atoms with van der Waals surface area (Å²) in [4.78, 5) is 16.7. The smallest absolute Gasteiger partial charge is 0.241 e. The molecule has 0 spiro atoms. The second kappa shape index (κ2) is 6.51. The summed E-state index contributed by atoms with van der Waals surface area (Å²) in [6.07, 6.45) is 0. The first-order chi connectivity index (χ1) is 9.60. The summed E-state index contributed by atoms with van der Waals surface area (Å²) in [5.74, 6) is -0.000685. The molecule has 1 aliphatic heterocycles. The van der Waals surface area contributed by atoms with Crippen LogP contribution in [0.15, 0.2) is 24.3 Å².